The van der Waals surface area contributed by atoms with Gasteiger partial charge in [-0.15, -0.1) is 0 Å². The Bertz CT molecular complexity index is 380. The maximum atomic E-state index is 12.3. The van der Waals surface area contributed by atoms with E-state index < -0.39 is 5.54 Å². The van der Waals surface area contributed by atoms with Crippen molar-refractivity contribution in [3.05, 3.63) is 35.4 Å². The van der Waals surface area contributed by atoms with Gasteiger partial charge in [-0.25, -0.2) is 0 Å². The lowest BCUT2D eigenvalue weighted by atomic mass is 9.91. The molecule has 0 atom stereocenters. The summed E-state index contributed by atoms with van der Waals surface area (Å²) in [7, 11) is 3.86. The van der Waals surface area contributed by atoms with Gasteiger partial charge in [0.1, 0.15) is 0 Å². The van der Waals surface area contributed by atoms with Crippen molar-refractivity contribution in [2.75, 3.05) is 14.1 Å². The van der Waals surface area contributed by atoms with Crippen LogP contribution in [0.2, 0.25) is 0 Å². The fourth-order valence-electron chi connectivity index (χ4n) is 1.49. The van der Waals surface area contributed by atoms with Crippen LogP contribution in [0.5, 0.6) is 0 Å². The SMILES string of the molecule is CCc1cccc(C(=O)C(C)(C)N(C)C)c1. The lowest BCUT2D eigenvalue weighted by Crippen LogP contribution is -2.45. The van der Waals surface area contributed by atoms with E-state index in [4.69, 9.17) is 0 Å². The lowest BCUT2D eigenvalue weighted by molar-refractivity contribution is 0.0755. The predicted molar refractivity (Wildman–Crippen MR) is 67.9 cm³/mol. The lowest BCUT2D eigenvalue weighted by Gasteiger charge is -2.31. The summed E-state index contributed by atoms with van der Waals surface area (Å²) < 4.78 is 0. The molecule has 1 aromatic rings. The molecule has 0 heterocycles. The molecule has 2 nitrogen and oxygen atoms in total. The summed E-state index contributed by atoms with van der Waals surface area (Å²) >= 11 is 0. The predicted octanol–water partition coefficient (Wildman–Crippen LogP) is 2.77. The number of Topliss-reactive ketones (excluding diaryl/α,β-unsaturated/α-hetero) is 1. The Morgan fingerprint density at radius 2 is 1.94 bits per heavy atom. The minimum Gasteiger partial charge on any atom is -0.297 e. The molecule has 0 N–H and O–H groups in total. The van der Waals surface area contributed by atoms with Gasteiger partial charge in [-0.05, 0) is 46.0 Å². The van der Waals surface area contributed by atoms with E-state index >= 15 is 0 Å². The van der Waals surface area contributed by atoms with E-state index in [0.717, 1.165) is 12.0 Å². The van der Waals surface area contributed by atoms with Gasteiger partial charge in [0.25, 0.3) is 0 Å². The Labute approximate surface area is 98.3 Å². The van der Waals surface area contributed by atoms with Crippen molar-refractivity contribution in [1.29, 1.82) is 0 Å². The highest BCUT2D eigenvalue weighted by atomic mass is 16.1. The van der Waals surface area contributed by atoms with Crippen LogP contribution in [0.15, 0.2) is 24.3 Å². The highest BCUT2D eigenvalue weighted by molar-refractivity contribution is 6.02. The number of aryl methyl sites for hydroxylation is 1. The van der Waals surface area contributed by atoms with E-state index in [1.807, 2.05) is 51.0 Å². The molecule has 0 spiro atoms. The number of carbonyl (C=O) groups excluding carboxylic acids is 1. The maximum absolute atomic E-state index is 12.3. The van der Waals surface area contributed by atoms with E-state index in [1.54, 1.807) is 0 Å². The molecule has 0 unspecified atom stereocenters. The fraction of sp³-hybridized carbons (Fsp3) is 0.500. The van der Waals surface area contributed by atoms with Crippen molar-refractivity contribution in [3.8, 4) is 0 Å². The van der Waals surface area contributed by atoms with Gasteiger partial charge in [0, 0.05) is 5.56 Å². The van der Waals surface area contributed by atoms with Crippen LogP contribution >= 0.6 is 0 Å². The van der Waals surface area contributed by atoms with Crippen LogP contribution in [0.1, 0.15) is 36.7 Å². The zero-order valence-electron chi connectivity index (χ0n) is 10.9. The minimum absolute atomic E-state index is 0.174. The zero-order chi connectivity index (χ0) is 12.3. The first-order chi connectivity index (χ1) is 7.39. The molecule has 88 valence electrons. The molecule has 0 aliphatic rings. The Hall–Kier alpha value is -1.15. The molecule has 0 aliphatic carbocycles. The van der Waals surface area contributed by atoms with Crippen molar-refractivity contribution in [2.45, 2.75) is 32.7 Å². The van der Waals surface area contributed by atoms with E-state index in [-0.39, 0.29) is 5.78 Å². The van der Waals surface area contributed by atoms with Crippen LogP contribution in [0, 0.1) is 0 Å². The van der Waals surface area contributed by atoms with Gasteiger partial charge in [0.2, 0.25) is 0 Å². The van der Waals surface area contributed by atoms with Crippen molar-refractivity contribution in [2.24, 2.45) is 0 Å². The smallest absolute Gasteiger partial charge is 0.182 e. The van der Waals surface area contributed by atoms with E-state index in [9.17, 15) is 4.79 Å². The minimum atomic E-state index is -0.452. The summed E-state index contributed by atoms with van der Waals surface area (Å²) in [5, 5.41) is 0. The number of ketones is 1. The molecule has 1 rings (SSSR count). The number of likely N-dealkylation sites (N-methyl/N-ethyl adjacent to an activating group) is 1. The molecule has 0 fully saturated rings. The highest BCUT2D eigenvalue weighted by Crippen LogP contribution is 2.18. The van der Waals surface area contributed by atoms with Crippen LogP contribution in [0.4, 0.5) is 0 Å². The van der Waals surface area contributed by atoms with Crippen molar-refractivity contribution < 1.29 is 4.79 Å². The first-order valence-corrected chi connectivity index (χ1v) is 5.70. The molecule has 0 aliphatic heterocycles. The average molecular weight is 219 g/mol. The Balaban J connectivity index is 3.05. The summed E-state index contributed by atoms with van der Waals surface area (Å²) in [4.78, 5) is 14.3. The number of nitrogens with zero attached hydrogens (tertiary/aromatic N) is 1. The molecule has 16 heavy (non-hydrogen) atoms. The molecule has 0 bridgehead atoms. The second kappa shape index (κ2) is 4.79. The second-order valence-corrected chi connectivity index (χ2v) is 4.84. The molecular weight excluding hydrogens is 198 g/mol. The van der Waals surface area contributed by atoms with Crippen LogP contribution in [0.3, 0.4) is 0 Å². The standard InChI is InChI=1S/C14H21NO/c1-6-11-8-7-9-12(10-11)13(16)14(2,3)15(4)5/h7-10H,6H2,1-5H3. The summed E-state index contributed by atoms with van der Waals surface area (Å²) in [6.45, 7) is 6.00. The molecule has 1 aromatic carbocycles. The van der Waals surface area contributed by atoms with Crippen molar-refractivity contribution in [1.82, 2.24) is 4.90 Å². The molecule has 2 heteroatoms. The molecule has 0 amide bonds. The Kier molecular flexibility index (Phi) is 3.87. The maximum Gasteiger partial charge on any atom is 0.182 e. The molecule has 0 saturated heterocycles. The summed E-state index contributed by atoms with van der Waals surface area (Å²) in [5.41, 5.74) is 1.56. The number of hydrogen-bond donors (Lipinski definition) is 0. The van der Waals surface area contributed by atoms with Gasteiger partial charge in [0.15, 0.2) is 5.78 Å². The van der Waals surface area contributed by atoms with Crippen LogP contribution in [0.25, 0.3) is 0 Å². The quantitative estimate of drug-likeness (QED) is 0.726. The van der Waals surface area contributed by atoms with Gasteiger partial charge in [-0.3, -0.25) is 9.69 Å². The highest BCUT2D eigenvalue weighted by Gasteiger charge is 2.30. The summed E-state index contributed by atoms with van der Waals surface area (Å²) in [5.74, 6) is 0.174. The van der Waals surface area contributed by atoms with E-state index in [0.29, 0.717) is 0 Å². The fourth-order valence-corrected chi connectivity index (χ4v) is 1.49. The largest absolute Gasteiger partial charge is 0.297 e. The Morgan fingerprint density at radius 1 is 1.31 bits per heavy atom. The monoisotopic (exact) mass is 219 g/mol. The Morgan fingerprint density at radius 3 is 2.44 bits per heavy atom. The second-order valence-electron chi connectivity index (χ2n) is 4.84. The van der Waals surface area contributed by atoms with Gasteiger partial charge in [-0.2, -0.15) is 0 Å². The van der Waals surface area contributed by atoms with Crippen LogP contribution in [-0.4, -0.2) is 30.3 Å². The molecule has 0 aromatic heterocycles. The third kappa shape index (κ3) is 2.50. The third-order valence-electron chi connectivity index (χ3n) is 3.27. The van der Waals surface area contributed by atoms with Crippen molar-refractivity contribution >= 4 is 5.78 Å². The summed E-state index contributed by atoms with van der Waals surface area (Å²) in [6, 6.07) is 7.90. The average Bonchev–Trinajstić information content (AvgIpc) is 2.27. The first kappa shape index (κ1) is 12.9. The topological polar surface area (TPSA) is 20.3 Å². The normalized spacial score (nSPS) is 11.9. The van der Waals surface area contributed by atoms with Crippen LogP contribution < -0.4 is 0 Å². The molecule has 0 radical (unpaired) electrons. The number of rotatable bonds is 4. The zero-order valence-corrected chi connectivity index (χ0v) is 10.9. The third-order valence-corrected chi connectivity index (χ3v) is 3.27. The number of carbonyl (C=O) groups is 1. The van der Waals surface area contributed by atoms with Crippen LogP contribution in [-0.2, 0) is 6.42 Å². The molecule has 0 saturated carbocycles. The van der Waals surface area contributed by atoms with Gasteiger partial charge in [-0.1, -0.05) is 25.1 Å². The summed E-state index contributed by atoms with van der Waals surface area (Å²) in [6.07, 6.45) is 0.962. The van der Waals surface area contributed by atoms with Gasteiger partial charge >= 0.3 is 0 Å². The van der Waals surface area contributed by atoms with Crippen molar-refractivity contribution in [3.63, 3.8) is 0 Å². The van der Waals surface area contributed by atoms with E-state index in [2.05, 4.69) is 13.0 Å². The van der Waals surface area contributed by atoms with Gasteiger partial charge in [0.05, 0.1) is 5.54 Å². The number of benzene rings is 1. The molecular formula is C14H21NO. The van der Waals surface area contributed by atoms with E-state index in [1.165, 1.54) is 5.56 Å². The first-order valence-electron chi connectivity index (χ1n) is 5.70. The number of hydrogen-bond acceptors (Lipinski definition) is 2. The van der Waals surface area contributed by atoms with Gasteiger partial charge < -0.3 is 0 Å².